The van der Waals surface area contributed by atoms with Gasteiger partial charge in [0.2, 0.25) is 0 Å². The average Bonchev–Trinajstić information content (AvgIpc) is 2.29. The zero-order chi connectivity index (χ0) is 12.5. The lowest BCUT2D eigenvalue weighted by Gasteiger charge is -2.37. The SMILES string of the molecule is C=C[C@H]1c2cc(C)ccc2OC[C@@]1(C)N=[N+]=[N-]. The number of ether oxygens (including phenoxy) is 1. The molecule has 0 aromatic heterocycles. The fraction of sp³-hybridized carbons (Fsp3) is 0.385. The Morgan fingerprint density at radius 1 is 1.65 bits per heavy atom. The summed E-state index contributed by atoms with van der Waals surface area (Å²) in [5, 5.41) is 3.88. The van der Waals surface area contributed by atoms with Crippen molar-refractivity contribution in [2.75, 3.05) is 6.61 Å². The maximum Gasteiger partial charge on any atom is 0.123 e. The number of nitrogens with zero attached hydrogens (tertiary/aromatic N) is 3. The van der Waals surface area contributed by atoms with Crippen LogP contribution >= 0.6 is 0 Å². The third-order valence-corrected chi connectivity index (χ3v) is 3.20. The summed E-state index contributed by atoms with van der Waals surface area (Å²) in [6, 6.07) is 6.03. The van der Waals surface area contributed by atoms with Crippen LogP contribution in [0, 0.1) is 6.92 Å². The smallest absolute Gasteiger partial charge is 0.123 e. The second kappa shape index (κ2) is 4.15. The molecule has 2 atom stereocenters. The van der Waals surface area contributed by atoms with Gasteiger partial charge in [-0.25, -0.2) is 0 Å². The number of benzene rings is 1. The number of hydrogen-bond acceptors (Lipinski definition) is 2. The van der Waals surface area contributed by atoms with Gasteiger partial charge >= 0.3 is 0 Å². The second-order valence-electron chi connectivity index (χ2n) is 4.59. The fourth-order valence-electron chi connectivity index (χ4n) is 2.27. The Balaban J connectivity index is 2.56. The monoisotopic (exact) mass is 229 g/mol. The van der Waals surface area contributed by atoms with Gasteiger partial charge in [0.1, 0.15) is 12.4 Å². The van der Waals surface area contributed by atoms with Crippen LogP contribution < -0.4 is 4.74 Å². The first-order valence-electron chi connectivity index (χ1n) is 5.53. The van der Waals surface area contributed by atoms with Gasteiger partial charge in [0.05, 0.1) is 5.54 Å². The summed E-state index contributed by atoms with van der Waals surface area (Å²) < 4.78 is 5.67. The normalized spacial score (nSPS) is 26.4. The number of rotatable bonds is 2. The molecule has 0 amide bonds. The molecule has 1 heterocycles. The first-order chi connectivity index (χ1) is 8.10. The Morgan fingerprint density at radius 3 is 3.06 bits per heavy atom. The molecule has 0 aliphatic carbocycles. The summed E-state index contributed by atoms with van der Waals surface area (Å²) >= 11 is 0. The zero-order valence-corrected chi connectivity index (χ0v) is 10.1. The summed E-state index contributed by atoms with van der Waals surface area (Å²) in [6.45, 7) is 8.15. The lowest BCUT2D eigenvalue weighted by atomic mass is 9.79. The van der Waals surface area contributed by atoms with Crippen molar-refractivity contribution in [1.82, 2.24) is 0 Å². The van der Waals surface area contributed by atoms with Crippen molar-refractivity contribution in [3.05, 3.63) is 52.4 Å². The molecule has 0 saturated heterocycles. The fourth-order valence-corrected chi connectivity index (χ4v) is 2.27. The van der Waals surface area contributed by atoms with Crippen LogP contribution in [0.15, 0.2) is 36.0 Å². The van der Waals surface area contributed by atoms with Gasteiger partial charge in [0.25, 0.3) is 0 Å². The molecule has 0 radical (unpaired) electrons. The van der Waals surface area contributed by atoms with Crippen molar-refractivity contribution in [1.29, 1.82) is 0 Å². The molecule has 1 aliphatic rings. The summed E-state index contributed by atoms with van der Waals surface area (Å²) in [7, 11) is 0. The van der Waals surface area contributed by atoms with Crippen LogP contribution in [-0.4, -0.2) is 12.1 Å². The van der Waals surface area contributed by atoms with Crippen molar-refractivity contribution < 1.29 is 4.74 Å². The molecule has 0 bridgehead atoms. The molecule has 0 unspecified atom stereocenters. The van der Waals surface area contributed by atoms with E-state index in [1.165, 1.54) is 0 Å². The summed E-state index contributed by atoms with van der Waals surface area (Å²) in [5.41, 5.74) is 10.3. The molecule has 4 nitrogen and oxygen atoms in total. The second-order valence-corrected chi connectivity index (χ2v) is 4.59. The van der Waals surface area contributed by atoms with Crippen LogP contribution in [0.1, 0.15) is 24.0 Å². The molecule has 1 aromatic rings. The van der Waals surface area contributed by atoms with E-state index >= 15 is 0 Å². The molecule has 2 rings (SSSR count). The van der Waals surface area contributed by atoms with Gasteiger partial charge < -0.3 is 4.74 Å². The number of aryl methyl sites for hydroxylation is 1. The third kappa shape index (κ3) is 1.87. The summed E-state index contributed by atoms with van der Waals surface area (Å²) in [6.07, 6.45) is 1.83. The highest BCUT2D eigenvalue weighted by Crippen LogP contribution is 2.42. The lowest BCUT2D eigenvalue weighted by Crippen LogP contribution is -2.39. The molecule has 0 N–H and O–H groups in total. The Bertz CT molecular complexity index is 505. The average molecular weight is 229 g/mol. The quantitative estimate of drug-likeness (QED) is 0.330. The van der Waals surface area contributed by atoms with Crippen LogP contribution in [0.5, 0.6) is 5.75 Å². The van der Waals surface area contributed by atoms with Crippen molar-refractivity contribution >= 4 is 0 Å². The van der Waals surface area contributed by atoms with Gasteiger partial charge in [-0.05, 0) is 25.4 Å². The summed E-state index contributed by atoms with van der Waals surface area (Å²) in [4.78, 5) is 2.92. The molecule has 17 heavy (non-hydrogen) atoms. The topological polar surface area (TPSA) is 58.0 Å². The van der Waals surface area contributed by atoms with Crippen molar-refractivity contribution in [2.24, 2.45) is 5.11 Å². The van der Waals surface area contributed by atoms with E-state index in [0.29, 0.717) is 6.61 Å². The van der Waals surface area contributed by atoms with Crippen molar-refractivity contribution in [3.8, 4) is 5.75 Å². The zero-order valence-electron chi connectivity index (χ0n) is 10.1. The summed E-state index contributed by atoms with van der Waals surface area (Å²) in [5.74, 6) is 0.841. The number of azide groups is 1. The predicted molar refractivity (Wildman–Crippen MR) is 67.2 cm³/mol. The molecular weight excluding hydrogens is 214 g/mol. The lowest BCUT2D eigenvalue weighted by molar-refractivity contribution is 0.189. The molecule has 0 fully saturated rings. The van der Waals surface area contributed by atoms with Gasteiger partial charge in [-0.2, -0.15) is 0 Å². The first-order valence-corrected chi connectivity index (χ1v) is 5.53. The highest BCUT2D eigenvalue weighted by atomic mass is 16.5. The van der Waals surface area contributed by atoms with Crippen LogP contribution in [0.3, 0.4) is 0 Å². The van der Waals surface area contributed by atoms with Gasteiger partial charge in [-0.15, -0.1) is 6.58 Å². The van der Waals surface area contributed by atoms with Crippen LogP contribution in [0.4, 0.5) is 0 Å². The Morgan fingerprint density at radius 2 is 2.41 bits per heavy atom. The molecule has 0 spiro atoms. The van der Waals surface area contributed by atoms with E-state index in [4.69, 9.17) is 10.3 Å². The van der Waals surface area contributed by atoms with Crippen LogP contribution in [-0.2, 0) is 0 Å². The van der Waals surface area contributed by atoms with E-state index in [-0.39, 0.29) is 5.92 Å². The van der Waals surface area contributed by atoms with E-state index < -0.39 is 5.54 Å². The Hall–Kier alpha value is -1.93. The third-order valence-electron chi connectivity index (χ3n) is 3.20. The van der Waals surface area contributed by atoms with Crippen molar-refractivity contribution in [3.63, 3.8) is 0 Å². The number of hydrogen-bond donors (Lipinski definition) is 0. The highest BCUT2D eigenvalue weighted by molar-refractivity contribution is 5.45. The van der Waals surface area contributed by atoms with E-state index in [9.17, 15) is 0 Å². The molecule has 0 saturated carbocycles. The van der Waals surface area contributed by atoms with Crippen LogP contribution in [0.2, 0.25) is 0 Å². The minimum absolute atomic E-state index is 0.0120. The van der Waals surface area contributed by atoms with Crippen molar-refractivity contribution in [2.45, 2.75) is 25.3 Å². The van der Waals surface area contributed by atoms with Gasteiger partial charge in [-0.1, -0.05) is 28.9 Å². The van der Waals surface area contributed by atoms with E-state index in [0.717, 1.165) is 16.9 Å². The Kier molecular flexibility index (Phi) is 2.82. The van der Waals surface area contributed by atoms with Gasteiger partial charge in [0.15, 0.2) is 0 Å². The maximum absolute atomic E-state index is 8.67. The minimum atomic E-state index is -0.600. The minimum Gasteiger partial charge on any atom is -0.493 e. The first kappa shape index (κ1) is 11.6. The molecule has 1 aromatic carbocycles. The Labute approximate surface area is 101 Å². The molecule has 1 aliphatic heterocycles. The van der Waals surface area contributed by atoms with Gasteiger partial charge in [0, 0.05) is 16.4 Å². The number of fused-ring (bicyclic) bond motifs is 1. The van der Waals surface area contributed by atoms with E-state index in [1.807, 2.05) is 32.1 Å². The maximum atomic E-state index is 8.67. The standard InChI is InChI=1S/C13H15N3O/c1-4-11-10-7-9(2)5-6-12(10)17-8-13(11,3)15-16-14/h4-7,11H,1,8H2,2-3H3/t11-,13+/m0/s1. The molecular formula is C13H15N3O. The highest BCUT2D eigenvalue weighted by Gasteiger charge is 2.38. The van der Waals surface area contributed by atoms with Gasteiger partial charge in [-0.3, -0.25) is 0 Å². The predicted octanol–water partition coefficient (Wildman–Crippen LogP) is 3.73. The van der Waals surface area contributed by atoms with E-state index in [1.54, 1.807) is 0 Å². The molecule has 88 valence electrons. The van der Waals surface area contributed by atoms with E-state index in [2.05, 4.69) is 22.7 Å². The largest absolute Gasteiger partial charge is 0.493 e. The molecule has 4 heteroatoms. The van der Waals surface area contributed by atoms with Crippen LogP contribution in [0.25, 0.3) is 10.4 Å².